The Hall–Kier alpha value is -6.35. The van der Waals surface area contributed by atoms with Crippen molar-refractivity contribution in [3.63, 3.8) is 0 Å². The second-order valence-corrected chi connectivity index (χ2v) is 11.4. The van der Waals surface area contributed by atoms with Crippen molar-refractivity contribution in [3.8, 4) is 11.1 Å². The van der Waals surface area contributed by atoms with Gasteiger partial charge in [-0.25, -0.2) is 0 Å². The van der Waals surface area contributed by atoms with Crippen molar-refractivity contribution in [1.82, 2.24) is 4.98 Å². The average Bonchev–Trinajstić information content (AvgIpc) is 3.66. The number of fused-ring (bicyclic) bond motifs is 6. The molecule has 0 aliphatic heterocycles. The number of halogens is 3. The molecule has 5 aromatic carbocycles. The summed E-state index contributed by atoms with van der Waals surface area (Å²) in [6.07, 6.45) is -2.74. The minimum absolute atomic E-state index is 0.145. The average molecular weight is 639 g/mol. The van der Waals surface area contributed by atoms with Gasteiger partial charge in [0.1, 0.15) is 28.0 Å². The van der Waals surface area contributed by atoms with E-state index < -0.39 is 11.9 Å². The minimum atomic E-state index is -4.80. The van der Waals surface area contributed by atoms with Gasteiger partial charge < -0.3 is 19.5 Å². The lowest BCUT2D eigenvalue weighted by molar-refractivity contribution is -0.0583. The number of pyridine rings is 1. The second-order valence-electron chi connectivity index (χ2n) is 11.4. The Kier molecular flexibility index (Phi) is 6.76. The zero-order chi connectivity index (χ0) is 33.0. The number of nitrogens with zero attached hydrogens (tertiary/aromatic N) is 2. The van der Waals surface area contributed by atoms with Crippen LogP contribution in [0.3, 0.4) is 0 Å². The number of nitrogens with one attached hydrogen (secondary N) is 1. The van der Waals surface area contributed by atoms with Gasteiger partial charge in [0.15, 0.2) is 0 Å². The standard InChI is InChI=1S/C39H25F3N4O2/c40-39(41,42)38(44)22-32(43)33-19-24(17-18-45-33)23-9-11-25(12-10-23)46(26-14-16-36-31(20-26)29-6-2-4-8-35(29)47-36)27-13-15-30-28-5-1-3-7-34(28)48-37(30)21-27/h1-22,44H,43H2/b32-22-,44-38?. The van der Waals surface area contributed by atoms with Gasteiger partial charge in [-0.2, -0.15) is 13.2 Å². The van der Waals surface area contributed by atoms with E-state index in [1.807, 2.05) is 91.0 Å². The van der Waals surface area contributed by atoms with Gasteiger partial charge in [-0.15, -0.1) is 0 Å². The largest absolute Gasteiger partial charge is 0.456 e. The topological polar surface area (TPSA) is 92.3 Å². The fraction of sp³-hybridized carbons (Fsp3) is 0.0256. The van der Waals surface area contributed by atoms with Crippen LogP contribution in [0.2, 0.25) is 0 Å². The van der Waals surface area contributed by atoms with Gasteiger partial charge in [0, 0.05) is 50.9 Å². The van der Waals surface area contributed by atoms with Gasteiger partial charge in [-0.05, 0) is 83.9 Å². The summed E-state index contributed by atoms with van der Waals surface area (Å²) in [6.45, 7) is 0. The number of para-hydroxylation sites is 2. The molecule has 3 aromatic heterocycles. The summed E-state index contributed by atoms with van der Waals surface area (Å²) in [4.78, 5) is 6.26. The Labute approximate surface area is 271 Å². The van der Waals surface area contributed by atoms with Crippen LogP contribution in [0.15, 0.2) is 142 Å². The number of benzene rings is 5. The van der Waals surface area contributed by atoms with E-state index in [-0.39, 0.29) is 11.4 Å². The van der Waals surface area contributed by atoms with Crippen LogP contribution in [0.4, 0.5) is 30.2 Å². The summed E-state index contributed by atoms with van der Waals surface area (Å²) in [5.74, 6) is 0. The molecular weight excluding hydrogens is 613 g/mol. The maximum absolute atomic E-state index is 12.9. The van der Waals surface area contributed by atoms with E-state index in [2.05, 4.69) is 28.1 Å². The number of hydrogen-bond donors (Lipinski definition) is 2. The van der Waals surface area contributed by atoms with Crippen molar-refractivity contribution in [3.05, 3.63) is 139 Å². The molecule has 234 valence electrons. The number of alkyl halides is 3. The Morgan fingerprint density at radius 2 is 1.21 bits per heavy atom. The third kappa shape index (κ3) is 5.11. The summed E-state index contributed by atoms with van der Waals surface area (Å²) in [5, 5.41) is 11.3. The molecule has 0 aliphatic rings. The maximum Gasteiger partial charge on any atom is 0.432 e. The van der Waals surface area contributed by atoms with Crippen LogP contribution in [-0.4, -0.2) is 16.9 Å². The molecule has 3 heterocycles. The number of hydrogen-bond acceptors (Lipinski definition) is 6. The highest BCUT2D eigenvalue weighted by Gasteiger charge is 2.33. The smallest absolute Gasteiger partial charge is 0.432 e. The van der Waals surface area contributed by atoms with Crippen LogP contribution >= 0.6 is 0 Å². The lowest BCUT2D eigenvalue weighted by Crippen LogP contribution is -2.20. The lowest BCUT2D eigenvalue weighted by Gasteiger charge is -2.25. The monoisotopic (exact) mass is 638 g/mol. The van der Waals surface area contributed by atoms with E-state index in [4.69, 9.17) is 20.0 Å². The van der Waals surface area contributed by atoms with Crippen molar-refractivity contribution in [2.45, 2.75) is 6.18 Å². The summed E-state index contributed by atoms with van der Waals surface area (Å²) in [7, 11) is 0. The first-order chi connectivity index (χ1) is 23.2. The summed E-state index contributed by atoms with van der Waals surface area (Å²) < 4.78 is 51.1. The van der Waals surface area contributed by atoms with Gasteiger partial charge in [-0.3, -0.25) is 10.4 Å². The molecule has 8 rings (SSSR count). The van der Waals surface area contributed by atoms with Crippen LogP contribution in [0.5, 0.6) is 0 Å². The zero-order valence-corrected chi connectivity index (χ0v) is 25.1. The Balaban J connectivity index is 1.22. The van der Waals surface area contributed by atoms with Gasteiger partial charge in [0.25, 0.3) is 0 Å². The number of allylic oxidation sites excluding steroid dienone is 1. The van der Waals surface area contributed by atoms with Gasteiger partial charge in [0.05, 0.1) is 11.4 Å². The highest BCUT2D eigenvalue weighted by molar-refractivity contribution is 6.08. The molecule has 6 nitrogen and oxygen atoms in total. The van der Waals surface area contributed by atoms with Gasteiger partial charge in [-0.1, -0.05) is 48.5 Å². The van der Waals surface area contributed by atoms with Gasteiger partial charge >= 0.3 is 6.18 Å². The molecular formula is C39H25F3N4O2. The number of rotatable bonds is 6. The van der Waals surface area contributed by atoms with E-state index in [1.54, 1.807) is 12.1 Å². The molecule has 48 heavy (non-hydrogen) atoms. The molecule has 0 aliphatic carbocycles. The predicted molar refractivity (Wildman–Crippen MR) is 185 cm³/mol. The molecule has 0 unspecified atom stereocenters. The Morgan fingerprint density at radius 1 is 0.625 bits per heavy atom. The fourth-order valence-corrected chi connectivity index (χ4v) is 6.04. The molecule has 0 radical (unpaired) electrons. The number of furan rings is 2. The van der Waals surface area contributed by atoms with Crippen molar-refractivity contribution < 1.29 is 22.0 Å². The van der Waals surface area contributed by atoms with E-state index in [0.29, 0.717) is 11.6 Å². The molecule has 0 spiro atoms. The van der Waals surface area contributed by atoms with Crippen LogP contribution in [0, 0.1) is 5.41 Å². The van der Waals surface area contributed by atoms with Crippen molar-refractivity contribution in [1.29, 1.82) is 5.41 Å². The molecule has 8 aromatic rings. The first kappa shape index (κ1) is 29.1. The maximum atomic E-state index is 12.9. The lowest BCUT2D eigenvalue weighted by atomic mass is 10.0. The molecule has 0 saturated heterocycles. The second kappa shape index (κ2) is 11.2. The van der Waals surface area contributed by atoms with E-state index in [0.717, 1.165) is 66.5 Å². The zero-order valence-electron chi connectivity index (χ0n) is 25.1. The van der Waals surface area contributed by atoms with Crippen LogP contribution in [-0.2, 0) is 0 Å². The highest BCUT2D eigenvalue weighted by Crippen LogP contribution is 2.41. The van der Waals surface area contributed by atoms with E-state index >= 15 is 0 Å². The Bertz CT molecular complexity index is 2550. The van der Waals surface area contributed by atoms with Crippen molar-refractivity contribution >= 4 is 72.3 Å². The van der Waals surface area contributed by atoms with Gasteiger partial charge in [0.2, 0.25) is 0 Å². The molecule has 0 atom stereocenters. The summed E-state index contributed by atoms with van der Waals surface area (Å²) >= 11 is 0. The van der Waals surface area contributed by atoms with Crippen molar-refractivity contribution in [2.24, 2.45) is 5.73 Å². The molecule has 0 bridgehead atoms. The molecule has 0 amide bonds. The summed E-state index contributed by atoms with van der Waals surface area (Å²) in [6, 6.07) is 39.3. The molecule has 0 fully saturated rings. The fourth-order valence-electron chi connectivity index (χ4n) is 6.04. The third-order valence-electron chi connectivity index (χ3n) is 8.36. The van der Waals surface area contributed by atoms with Crippen molar-refractivity contribution in [2.75, 3.05) is 4.90 Å². The SMILES string of the molecule is N=C(/C=C(\N)c1cc(-c2ccc(N(c3ccc4c(c3)oc3ccccc34)c3ccc4oc5ccccc5c4c3)cc2)ccn1)C(F)(F)F. The van der Waals surface area contributed by atoms with E-state index in [9.17, 15) is 13.2 Å². The molecule has 9 heteroatoms. The van der Waals surface area contributed by atoms with Crippen LogP contribution in [0.25, 0.3) is 60.7 Å². The molecule has 3 N–H and O–H groups in total. The summed E-state index contributed by atoms with van der Waals surface area (Å²) in [5.41, 5.74) is 11.6. The number of nitrogens with two attached hydrogens (primary N) is 1. The normalized spacial score (nSPS) is 12.4. The number of aromatic nitrogens is 1. The van der Waals surface area contributed by atoms with E-state index in [1.165, 1.54) is 6.20 Å². The quantitative estimate of drug-likeness (QED) is 0.177. The first-order valence-electron chi connectivity index (χ1n) is 15.1. The number of anilines is 3. The molecule has 0 saturated carbocycles. The minimum Gasteiger partial charge on any atom is -0.456 e. The third-order valence-corrected chi connectivity index (χ3v) is 8.36. The highest BCUT2D eigenvalue weighted by atomic mass is 19.4. The first-order valence-corrected chi connectivity index (χ1v) is 15.1. The van der Waals surface area contributed by atoms with Crippen LogP contribution in [0.1, 0.15) is 5.69 Å². The van der Waals surface area contributed by atoms with Crippen LogP contribution < -0.4 is 10.6 Å². The predicted octanol–water partition coefficient (Wildman–Crippen LogP) is 10.9. The Morgan fingerprint density at radius 3 is 1.94 bits per heavy atom.